The molecule has 1 N–H and O–H groups in total. The summed E-state index contributed by atoms with van der Waals surface area (Å²) in [6.07, 6.45) is 2.97. The van der Waals surface area contributed by atoms with Gasteiger partial charge in [-0.3, -0.25) is 9.98 Å². The van der Waals surface area contributed by atoms with Gasteiger partial charge in [0.25, 0.3) is 0 Å². The maximum absolute atomic E-state index is 13.8. The predicted molar refractivity (Wildman–Crippen MR) is 124 cm³/mol. The van der Waals surface area contributed by atoms with E-state index in [1.165, 1.54) is 41.8 Å². The second-order valence-corrected chi connectivity index (χ2v) is 9.35. The van der Waals surface area contributed by atoms with Gasteiger partial charge in [-0.2, -0.15) is 13.9 Å². The van der Waals surface area contributed by atoms with Crippen LogP contribution in [0.5, 0.6) is 0 Å². The third kappa shape index (κ3) is 3.93. The zero-order chi connectivity index (χ0) is 24.0. The summed E-state index contributed by atoms with van der Waals surface area (Å²) in [5.74, 6) is -0.0220. The van der Waals surface area contributed by atoms with E-state index in [0.29, 0.717) is 32.4 Å². The van der Waals surface area contributed by atoms with E-state index >= 15 is 0 Å². The smallest absolute Gasteiger partial charge is 0.333 e. The minimum absolute atomic E-state index is 0.0683. The molecule has 0 unspecified atom stereocenters. The van der Waals surface area contributed by atoms with Crippen LogP contribution in [0.3, 0.4) is 0 Å². The van der Waals surface area contributed by atoms with Gasteiger partial charge in [-0.15, -0.1) is 11.3 Å². The Morgan fingerprint density at radius 1 is 1.35 bits per heavy atom. The van der Waals surface area contributed by atoms with Gasteiger partial charge >= 0.3 is 6.55 Å². The summed E-state index contributed by atoms with van der Waals surface area (Å²) in [6, 6.07) is 4.62. The Morgan fingerprint density at radius 3 is 2.82 bits per heavy atom. The topological polar surface area (TPSA) is 78.9 Å². The highest BCUT2D eigenvalue weighted by Crippen LogP contribution is 2.48. The molecule has 5 rings (SSSR count). The maximum Gasteiger partial charge on any atom is 0.333 e. The Labute approximate surface area is 201 Å². The number of amidine groups is 1. The molecule has 34 heavy (non-hydrogen) atoms. The minimum Gasteiger partial charge on any atom is -0.386 e. The maximum atomic E-state index is 13.8. The van der Waals surface area contributed by atoms with Crippen LogP contribution in [0.1, 0.15) is 35.3 Å². The van der Waals surface area contributed by atoms with Gasteiger partial charge in [-0.05, 0) is 24.9 Å². The van der Waals surface area contributed by atoms with Crippen LogP contribution < -0.4 is 0 Å². The van der Waals surface area contributed by atoms with Crippen molar-refractivity contribution >= 4 is 41.1 Å². The predicted octanol–water partition coefficient (Wildman–Crippen LogP) is 4.58. The normalized spacial score (nSPS) is 22.4. The zero-order valence-corrected chi connectivity index (χ0v) is 19.1. The van der Waals surface area contributed by atoms with E-state index in [1.807, 2.05) is 4.90 Å². The molecule has 3 aromatic rings. The highest BCUT2D eigenvalue weighted by atomic mass is 35.5. The van der Waals surface area contributed by atoms with Crippen LogP contribution in [-0.4, -0.2) is 56.0 Å². The van der Waals surface area contributed by atoms with Crippen molar-refractivity contribution in [2.75, 3.05) is 13.1 Å². The largest absolute Gasteiger partial charge is 0.386 e. The quantitative estimate of drug-likeness (QED) is 0.496. The van der Waals surface area contributed by atoms with Gasteiger partial charge in [0.1, 0.15) is 17.5 Å². The van der Waals surface area contributed by atoms with Crippen molar-refractivity contribution in [3.05, 3.63) is 74.8 Å². The van der Waals surface area contributed by atoms with E-state index in [1.54, 1.807) is 11.6 Å². The Bertz CT molecular complexity index is 1310. The molecule has 0 bridgehead atoms. The van der Waals surface area contributed by atoms with Crippen molar-refractivity contribution in [1.82, 2.24) is 19.7 Å². The summed E-state index contributed by atoms with van der Waals surface area (Å²) < 4.78 is 41.0. The molecule has 2 aromatic heterocycles. The molecule has 12 heteroatoms. The summed E-state index contributed by atoms with van der Waals surface area (Å²) in [6.45, 7) is 0.898. The van der Waals surface area contributed by atoms with E-state index in [4.69, 9.17) is 16.6 Å². The van der Waals surface area contributed by atoms with E-state index in [-0.39, 0.29) is 30.2 Å². The number of nitrogens with zero attached hydrogens (tertiary/aromatic N) is 6. The lowest BCUT2D eigenvalue weighted by molar-refractivity contribution is 0.0564. The van der Waals surface area contributed by atoms with Gasteiger partial charge in [-0.1, -0.05) is 17.7 Å². The Kier molecular flexibility index (Phi) is 5.78. The first-order valence-corrected chi connectivity index (χ1v) is 11.5. The highest BCUT2D eigenvalue weighted by Gasteiger charge is 2.47. The lowest BCUT2D eigenvalue weighted by atomic mass is 9.91. The lowest BCUT2D eigenvalue weighted by Crippen LogP contribution is -2.39. The van der Waals surface area contributed by atoms with Crippen LogP contribution in [0, 0.1) is 5.82 Å². The molecule has 7 nitrogen and oxygen atoms in total. The number of hydrogen-bond donors (Lipinski definition) is 1. The van der Waals surface area contributed by atoms with Crippen LogP contribution in [0.2, 0.25) is 5.02 Å². The minimum atomic E-state index is -2.83. The van der Waals surface area contributed by atoms with E-state index in [0.717, 1.165) is 0 Å². The summed E-state index contributed by atoms with van der Waals surface area (Å²) >= 11 is 7.78. The van der Waals surface area contributed by atoms with Crippen LogP contribution in [-0.2, 0) is 0 Å². The summed E-state index contributed by atoms with van der Waals surface area (Å²) in [5, 5.41) is 17.8. The molecule has 0 aliphatic carbocycles. The second-order valence-electron chi connectivity index (χ2n) is 8.05. The third-order valence-corrected chi connectivity index (χ3v) is 6.83. The molecule has 0 spiro atoms. The monoisotopic (exact) mass is 506 g/mol. The number of aliphatic imine (C=N–C) groups is 2. The molecule has 1 saturated heterocycles. The summed E-state index contributed by atoms with van der Waals surface area (Å²) in [7, 11) is 0. The molecule has 2 aliphatic rings. The van der Waals surface area contributed by atoms with Crippen molar-refractivity contribution in [1.29, 1.82) is 0 Å². The van der Waals surface area contributed by atoms with E-state index < -0.39 is 24.0 Å². The molecule has 1 aromatic carbocycles. The van der Waals surface area contributed by atoms with Gasteiger partial charge in [-0.25, -0.2) is 14.1 Å². The molecule has 0 amide bonds. The molecule has 1 fully saturated rings. The number of benzene rings is 1. The number of alkyl halides is 2. The Balaban J connectivity index is 1.75. The van der Waals surface area contributed by atoms with E-state index in [2.05, 4.69) is 21.8 Å². The standard InChI is InChI=1S/C22H18ClF3N6OS/c1-27-10-22(33)9-16-17(15-4-6-32(30-15)21(25)26)18(13-3-2-12(24)8-14(13)23)29-19(31(16)11-22)20-28-5-7-34-20/h2-8,18,21,33H,1,9-11H2/t18-,22-/m0/s1. The zero-order valence-electron chi connectivity index (χ0n) is 17.6. The molecule has 2 atom stereocenters. The average molecular weight is 507 g/mol. The number of thiazole rings is 1. The molecular formula is C22H18ClF3N6OS. The van der Waals surface area contributed by atoms with Crippen LogP contribution in [0.25, 0.3) is 5.57 Å². The van der Waals surface area contributed by atoms with Crippen molar-refractivity contribution in [2.24, 2.45) is 9.98 Å². The fourth-order valence-corrected chi connectivity index (χ4v) is 5.27. The van der Waals surface area contributed by atoms with Gasteiger partial charge in [0.05, 0.1) is 18.8 Å². The highest BCUT2D eigenvalue weighted by molar-refractivity contribution is 7.11. The Morgan fingerprint density at radius 2 is 2.18 bits per heavy atom. The molecular weight excluding hydrogens is 489 g/mol. The number of rotatable bonds is 6. The number of aliphatic hydroxyl groups is 1. The van der Waals surface area contributed by atoms with Crippen LogP contribution in [0.15, 0.2) is 57.7 Å². The van der Waals surface area contributed by atoms with Gasteiger partial charge in [0.2, 0.25) is 0 Å². The van der Waals surface area contributed by atoms with Crippen LogP contribution >= 0.6 is 22.9 Å². The molecule has 2 aliphatic heterocycles. The van der Waals surface area contributed by atoms with Gasteiger partial charge in [0, 0.05) is 46.1 Å². The fourth-order valence-electron chi connectivity index (χ4n) is 4.36. The summed E-state index contributed by atoms with van der Waals surface area (Å²) in [4.78, 5) is 15.0. The molecule has 176 valence electrons. The van der Waals surface area contributed by atoms with Crippen molar-refractivity contribution in [3.8, 4) is 0 Å². The molecule has 0 saturated carbocycles. The lowest BCUT2D eigenvalue weighted by Gasteiger charge is -2.32. The third-order valence-electron chi connectivity index (χ3n) is 5.74. The van der Waals surface area contributed by atoms with Crippen molar-refractivity contribution in [2.45, 2.75) is 24.6 Å². The summed E-state index contributed by atoms with van der Waals surface area (Å²) in [5.41, 5.74) is 0.601. The van der Waals surface area contributed by atoms with Gasteiger partial charge in [0.15, 0.2) is 10.8 Å². The first kappa shape index (κ1) is 22.8. The van der Waals surface area contributed by atoms with Crippen molar-refractivity contribution < 1.29 is 18.3 Å². The number of fused-ring (bicyclic) bond motifs is 1. The SMILES string of the molecule is C=NC[C@@]1(O)CC2=C(c3ccn(C(F)F)n3)[C@H](c3ccc(F)cc3Cl)N=C(c3nccs3)N2C1. The average Bonchev–Trinajstić information content (AvgIpc) is 3.53. The number of hydrogen-bond acceptors (Lipinski definition) is 7. The Hall–Kier alpha value is -3.02. The van der Waals surface area contributed by atoms with Gasteiger partial charge < -0.3 is 10.0 Å². The van der Waals surface area contributed by atoms with Crippen molar-refractivity contribution in [3.63, 3.8) is 0 Å². The molecule has 4 heterocycles. The fraction of sp³-hybridized carbons (Fsp3) is 0.273. The van der Waals surface area contributed by atoms with E-state index in [9.17, 15) is 18.3 Å². The van der Waals surface area contributed by atoms with Crippen LogP contribution in [0.4, 0.5) is 13.2 Å². The number of halogens is 4. The molecule has 0 radical (unpaired) electrons. The number of aromatic nitrogens is 3. The second kappa shape index (κ2) is 8.64. The first-order chi connectivity index (χ1) is 16.3. The first-order valence-electron chi connectivity index (χ1n) is 10.2.